The fourth-order valence-corrected chi connectivity index (χ4v) is 4.06. The molecule has 0 bridgehead atoms. The quantitative estimate of drug-likeness (QED) is 0.349. The molecule has 7 nitrogen and oxygen atoms in total. The number of esters is 1. The highest BCUT2D eigenvalue weighted by atomic mass is 32.2. The van der Waals surface area contributed by atoms with E-state index in [1.807, 2.05) is 12.3 Å². The average molecular weight is 443 g/mol. The number of amides is 1. The Labute approximate surface area is 179 Å². The summed E-state index contributed by atoms with van der Waals surface area (Å²) < 4.78 is 8.15. The molecule has 0 aliphatic carbocycles. The van der Waals surface area contributed by atoms with Gasteiger partial charge >= 0.3 is 5.97 Å². The lowest BCUT2D eigenvalue weighted by atomic mass is 10.2. The Morgan fingerprint density at radius 3 is 2.52 bits per heavy atom. The summed E-state index contributed by atoms with van der Waals surface area (Å²) in [5.74, 6) is -1.09. The molecule has 0 radical (unpaired) electrons. The van der Waals surface area contributed by atoms with Gasteiger partial charge in [-0.2, -0.15) is 5.26 Å². The van der Waals surface area contributed by atoms with Crippen molar-refractivity contribution >= 4 is 52.9 Å². The van der Waals surface area contributed by atoms with Gasteiger partial charge in [-0.25, -0.2) is 9.48 Å². The van der Waals surface area contributed by atoms with Crippen LogP contribution in [-0.4, -0.2) is 34.5 Å². The first kappa shape index (κ1) is 20.7. The highest BCUT2D eigenvalue weighted by Crippen LogP contribution is 2.22. The van der Waals surface area contributed by atoms with Crippen molar-refractivity contribution in [3.63, 3.8) is 0 Å². The smallest absolute Gasteiger partial charge is 0.338 e. The molecular formula is C19H14N4O3S3. The van der Waals surface area contributed by atoms with Crippen LogP contribution in [0.25, 0.3) is 5.69 Å². The Morgan fingerprint density at radius 1 is 1.24 bits per heavy atom. The van der Waals surface area contributed by atoms with E-state index in [0.29, 0.717) is 20.8 Å². The fraction of sp³-hybridized carbons (Fsp3) is 0.105. The molecule has 146 valence electrons. The van der Waals surface area contributed by atoms with Gasteiger partial charge in [-0.3, -0.25) is 4.79 Å². The molecular weight excluding hydrogens is 428 g/mol. The third kappa shape index (κ3) is 5.29. The Kier molecular flexibility index (Phi) is 6.77. The van der Waals surface area contributed by atoms with Gasteiger partial charge in [0, 0.05) is 5.69 Å². The lowest BCUT2D eigenvalue weighted by molar-refractivity contribution is -0.119. The second-order valence-corrected chi connectivity index (χ2v) is 8.29. The number of ether oxygens (including phenoxy) is 1. The second kappa shape index (κ2) is 9.47. The molecule has 1 heterocycles. The number of carbonyl (C=O) groups is 2. The minimum absolute atomic E-state index is 0.312. The van der Waals surface area contributed by atoms with E-state index >= 15 is 0 Å². The summed E-state index contributed by atoms with van der Waals surface area (Å²) in [7, 11) is 0. The second-order valence-electron chi connectivity index (χ2n) is 5.61. The van der Waals surface area contributed by atoms with Gasteiger partial charge in [0.25, 0.3) is 5.91 Å². The van der Waals surface area contributed by atoms with Crippen molar-refractivity contribution < 1.29 is 14.3 Å². The van der Waals surface area contributed by atoms with E-state index in [1.165, 1.54) is 23.1 Å². The summed E-state index contributed by atoms with van der Waals surface area (Å²) in [4.78, 5) is 24.1. The van der Waals surface area contributed by atoms with Gasteiger partial charge in [-0.1, -0.05) is 23.1 Å². The molecule has 0 unspecified atom stereocenters. The number of nitrogens with zero attached hydrogens (tertiary/aromatic N) is 3. The van der Waals surface area contributed by atoms with E-state index < -0.39 is 18.5 Å². The first-order valence-corrected chi connectivity index (χ1v) is 10.7. The maximum absolute atomic E-state index is 12.2. The van der Waals surface area contributed by atoms with Gasteiger partial charge in [-0.05, 0) is 67.0 Å². The minimum atomic E-state index is -0.613. The third-order valence-electron chi connectivity index (χ3n) is 3.68. The maximum Gasteiger partial charge on any atom is 0.338 e. The largest absolute Gasteiger partial charge is 0.452 e. The van der Waals surface area contributed by atoms with Crippen molar-refractivity contribution in [1.29, 1.82) is 5.26 Å². The Hall–Kier alpha value is -3.00. The van der Waals surface area contributed by atoms with Crippen LogP contribution in [0.1, 0.15) is 15.9 Å². The molecule has 1 amide bonds. The van der Waals surface area contributed by atoms with E-state index in [1.54, 1.807) is 53.2 Å². The lowest BCUT2D eigenvalue weighted by Crippen LogP contribution is -2.20. The number of hydrogen-bond donors (Lipinski definition) is 1. The highest BCUT2D eigenvalue weighted by Gasteiger charge is 2.12. The van der Waals surface area contributed by atoms with Crippen LogP contribution in [0.4, 0.5) is 5.69 Å². The number of thioether (sulfide) groups is 1. The highest BCUT2D eigenvalue weighted by molar-refractivity contribution is 8.00. The first-order chi connectivity index (χ1) is 14.0. The van der Waals surface area contributed by atoms with Crippen LogP contribution < -0.4 is 5.32 Å². The molecule has 0 aliphatic heterocycles. The summed E-state index contributed by atoms with van der Waals surface area (Å²) in [5.41, 5.74) is 2.05. The molecule has 1 N–H and O–H groups in total. The molecule has 1 aromatic heterocycles. The number of carbonyl (C=O) groups excluding carboxylic acids is 2. The molecule has 0 spiro atoms. The first-order valence-electron chi connectivity index (χ1n) is 8.22. The van der Waals surface area contributed by atoms with Gasteiger partial charge in [0.2, 0.25) is 0 Å². The molecule has 3 aromatic rings. The summed E-state index contributed by atoms with van der Waals surface area (Å²) in [6, 6.07) is 15.0. The molecule has 0 saturated carbocycles. The topological polar surface area (TPSA) is 97.0 Å². The van der Waals surface area contributed by atoms with Crippen LogP contribution in [0.5, 0.6) is 0 Å². The van der Waals surface area contributed by atoms with Crippen LogP contribution in [-0.2, 0) is 9.53 Å². The van der Waals surface area contributed by atoms with Gasteiger partial charge in [0.05, 0.1) is 22.9 Å². The predicted molar refractivity (Wildman–Crippen MR) is 114 cm³/mol. The molecule has 3 rings (SSSR count). The van der Waals surface area contributed by atoms with Crippen LogP contribution in [0.2, 0.25) is 0 Å². The summed E-state index contributed by atoms with van der Waals surface area (Å²) >= 11 is 8.22. The monoisotopic (exact) mass is 442 g/mol. The zero-order valence-corrected chi connectivity index (χ0v) is 17.6. The predicted octanol–water partition coefficient (Wildman–Crippen LogP) is 4.05. The molecule has 0 saturated heterocycles. The number of rotatable bonds is 6. The van der Waals surface area contributed by atoms with E-state index in [2.05, 4.69) is 10.4 Å². The van der Waals surface area contributed by atoms with E-state index in [4.69, 9.17) is 22.2 Å². The van der Waals surface area contributed by atoms with Crippen molar-refractivity contribution in [2.24, 2.45) is 0 Å². The average Bonchev–Trinajstić information content (AvgIpc) is 3.13. The van der Waals surface area contributed by atoms with E-state index in [9.17, 15) is 9.59 Å². The molecule has 10 heteroatoms. The Morgan fingerprint density at radius 2 is 1.93 bits per heavy atom. The standard InChI is InChI=1S/C19H14N4O3S3/c1-28-18-22-23(19(27)29-18)15-8-4-13(5-9-15)17(25)26-11-16(24)21-14-6-2-12(10-20)3-7-14/h2-9H,11H2,1H3,(H,21,24). The number of hydrogen-bond acceptors (Lipinski definition) is 8. The third-order valence-corrected chi connectivity index (χ3v) is 5.89. The van der Waals surface area contributed by atoms with Crippen LogP contribution in [0, 0.1) is 15.3 Å². The Bertz CT molecular complexity index is 1130. The molecule has 0 atom stereocenters. The molecule has 0 fully saturated rings. The number of benzene rings is 2. The van der Waals surface area contributed by atoms with Crippen molar-refractivity contribution in [1.82, 2.24) is 9.78 Å². The van der Waals surface area contributed by atoms with Crippen LogP contribution in [0.15, 0.2) is 52.9 Å². The van der Waals surface area contributed by atoms with Gasteiger partial charge in [0.1, 0.15) is 0 Å². The van der Waals surface area contributed by atoms with E-state index in [0.717, 1.165) is 10.0 Å². The minimum Gasteiger partial charge on any atom is -0.452 e. The number of nitrogens with one attached hydrogen (secondary N) is 1. The lowest BCUT2D eigenvalue weighted by Gasteiger charge is -2.07. The zero-order valence-electron chi connectivity index (χ0n) is 15.1. The van der Waals surface area contributed by atoms with E-state index in [-0.39, 0.29) is 0 Å². The van der Waals surface area contributed by atoms with Gasteiger partial charge < -0.3 is 10.1 Å². The maximum atomic E-state index is 12.2. The van der Waals surface area contributed by atoms with Crippen molar-refractivity contribution in [2.75, 3.05) is 18.2 Å². The number of nitriles is 1. The molecule has 0 aliphatic rings. The van der Waals surface area contributed by atoms with Gasteiger partial charge in [0.15, 0.2) is 14.9 Å². The summed E-state index contributed by atoms with van der Waals surface area (Å²) in [6.45, 7) is -0.422. The zero-order chi connectivity index (χ0) is 20.8. The SMILES string of the molecule is CSc1nn(-c2ccc(C(=O)OCC(=O)Nc3ccc(C#N)cc3)cc2)c(=S)s1. The van der Waals surface area contributed by atoms with Crippen molar-refractivity contribution in [2.45, 2.75) is 4.34 Å². The molecule has 29 heavy (non-hydrogen) atoms. The van der Waals surface area contributed by atoms with Crippen molar-refractivity contribution in [3.8, 4) is 11.8 Å². The molecule has 2 aromatic carbocycles. The number of aromatic nitrogens is 2. The van der Waals surface area contributed by atoms with Crippen LogP contribution in [0.3, 0.4) is 0 Å². The summed E-state index contributed by atoms with van der Waals surface area (Å²) in [6.07, 6.45) is 1.93. The number of anilines is 1. The normalized spacial score (nSPS) is 10.2. The van der Waals surface area contributed by atoms with Crippen molar-refractivity contribution in [3.05, 3.63) is 63.6 Å². The van der Waals surface area contributed by atoms with Gasteiger partial charge in [-0.15, -0.1) is 5.10 Å². The van der Waals surface area contributed by atoms with Crippen LogP contribution >= 0.6 is 35.3 Å². The Balaban J connectivity index is 1.57. The summed E-state index contributed by atoms with van der Waals surface area (Å²) in [5, 5.41) is 15.8. The fourth-order valence-electron chi connectivity index (χ4n) is 2.28.